The van der Waals surface area contributed by atoms with Crippen molar-refractivity contribution in [2.75, 3.05) is 0 Å². The third kappa shape index (κ3) is 5.75. The number of urea groups is 1. The van der Waals surface area contributed by atoms with Crippen molar-refractivity contribution in [2.45, 2.75) is 31.8 Å². The van der Waals surface area contributed by atoms with E-state index < -0.39 is 5.97 Å². The number of benzene rings is 1. The fourth-order valence-corrected chi connectivity index (χ4v) is 2.38. The first-order chi connectivity index (χ1) is 11.5. The average molecular weight is 330 g/mol. The van der Waals surface area contributed by atoms with Gasteiger partial charge in [0, 0.05) is 25.7 Å². The van der Waals surface area contributed by atoms with Crippen molar-refractivity contribution in [3.05, 3.63) is 54.1 Å². The predicted molar refractivity (Wildman–Crippen MR) is 89.4 cm³/mol. The van der Waals surface area contributed by atoms with Gasteiger partial charge in [-0.2, -0.15) is 0 Å². The molecule has 7 nitrogen and oxygen atoms in total. The molecule has 1 heterocycles. The summed E-state index contributed by atoms with van der Waals surface area (Å²) in [5, 5.41) is 14.5. The van der Waals surface area contributed by atoms with E-state index in [9.17, 15) is 9.59 Å². The fourth-order valence-electron chi connectivity index (χ4n) is 2.38. The highest BCUT2D eigenvalue weighted by Crippen LogP contribution is 2.08. The van der Waals surface area contributed by atoms with Crippen LogP contribution in [0.3, 0.4) is 0 Å². The van der Waals surface area contributed by atoms with E-state index in [4.69, 9.17) is 5.11 Å². The first kappa shape index (κ1) is 17.5. The number of nitrogens with zero attached hydrogens (tertiary/aromatic N) is 2. The number of carbonyl (C=O) groups is 2. The van der Waals surface area contributed by atoms with Crippen LogP contribution < -0.4 is 10.6 Å². The molecule has 0 aliphatic carbocycles. The van der Waals surface area contributed by atoms with Crippen molar-refractivity contribution in [3.63, 3.8) is 0 Å². The lowest BCUT2D eigenvalue weighted by atomic mass is 10.0. The van der Waals surface area contributed by atoms with Crippen LogP contribution in [0.4, 0.5) is 4.79 Å². The molecule has 0 fully saturated rings. The number of aliphatic carboxylic acids is 1. The number of carboxylic acid groups (broad SMARTS) is 1. The molecule has 0 spiro atoms. The predicted octanol–water partition coefficient (Wildman–Crippen LogP) is 1.70. The van der Waals surface area contributed by atoms with Gasteiger partial charge >= 0.3 is 12.0 Å². The van der Waals surface area contributed by atoms with Crippen LogP contribution in [-0.4, -0.2) is 32.7 Å². The average Bonchev–Trinajstić information content (AvgIpc) is 2.97. The molecule has 2 aromatic rings. The van der Waals surface area contributed by atoms with Crippen molar-refractivity contribution in [2.24, 2.45) is 7.05 Å². The van der Waals surface area contributed by atoms with Gasteiger partial charge in [0.25, 0.3) is 0 Å². The minimum absolute atomic E-state index is 0.0134. The Balaban J connectivity index is 1.89. The maximum absolute atomic E-state index is 12.1. The van der Waals surface area contributed by atoms with Crippen LogP contribution in [0.5, 0.6) is 0 Å². The lowest BCUT2D eigenvalue weighted by Gasteiger charge is -2.18. The lowest BCUT2D eigenvalue weighted by Crippen LogP contribution is -2.43. The molecule has 2 rings (SSSR count). The Morgan fingerprint density at radius 1 is 1.29 bits per heavy atom. The van der Waals surface area contributed by atoms with E-state index >= 15 is 0 Å². The van der Waals surface area contributed by atoms with Gasteiger partial charge in [0.05, 0.1) is 18.6 Å². The van der Waals surface area contributed by atoms with Crippen LogP contribution in [0.2, 0.25) is 0 Å². The molecular formula is C17H22N4O3. The highest BCUT2D eigenvalue weighted by Gasteiger charge is 2.15. The van der Waals surface area contributed by atoms with E-state index in [0.29, 0.717) is 19.4 Å². The molecular weight excluding hydrogens is 308 g/mol. The second kappa shape index (κ2) is 8.71. The summed E-state index contributed by atoms with van der Waals surface area (Å²) in [6.07, 6.45) is 4.34. The zero-order valence-corrected chi connectivity index (χ0v) is 13.6. The molecule has 1 atom stereocenters. The summed E-state index contributed by atoms with van der Waals surface area (Å²) in [6, 6.07) is 9.13. The SMILES string of the molecule is Cn1cncc1CNC(=O)NC(CCC(=O)O)Cc1ccccc1. The number of imidazole rings is 1. The Morgan fingerprint density at radius 2 is 2.04 bits per heavy atom. The molecule has 24 heavy (non-hydrogen) atoms. The quantitative estimate of drug-likeness (QED) is 0.686. The van der Waals surface area contributed by atoms with Gasteiger partial charge < -0.3 is 20.3 Å². The van der Waals surface area contributed by atoms with Crippen molar-refractivity contribution < 1.29 is 14.7 Å². The Hall–Kier alpha value is -2.83. The number of aromatic nitrogens is 2. The summed E-state index contributed by atoms with van der Waals surface area (Å²) in [7, 11) is 1.85. The van der Waals surface area contributed by atoms with E-state index in [1.807, 2.05) is 41.9 Å². The topological polar surface area (TPSA) is 96.3 Å². The number of rotatable bonds is 8. The van der Waals surface area contributed by atoms with Crippen LogP contribution in [-0.2, 0) is 24.8 Å². The van der Waals surface area contributed by atoms with Gasteiger partial charge in [-0.05, 0) is 18.4 Å². The van der Waals surface area contributed by atoms with Gasteiger partial charge in [0.2, 0.25) is 0 Å². The number of hydrogen-bond acceptors (Lipinski definition) is 3. The Bertz CT molecular complexity index is 669. The number of carbonyl (C=O) groups excluding carboxylic acids is 1. The second-order valence-corrected chi connectivity index (χ2v) is 5.64. The van der Waals surface area contributed by atoms with Crippen LogP contribution in [0.25, 0.3) is 0 Å². The van der Waals surface area contributed by atoms with Gasteiger partial charge in [-0.1, -0.05) is 30.3 Å². The summed E-state index contributed by atoms with van der Waals surface area (Å²) in [5.74, 6) is -0.870. The molecule has 128 valence electrons. The summed E-state index contributed by atoms with van der Waals surface area (Å²) in [4.78, 5) is 26.9. The molecule has 0 bridgehead atoms. The maximum Gasteiger partial charge on any atom is 0.315 e. The molecule has 0 radical (unpaired) electrons. The third-order valence-corrected chi connectivity index (χ3v) is 3.71. The first-order valence-electron chi connectivity index (χ1n) is 7.80. The van der Waals surface area contributed by atoms with Gasteiger partial charge in [-0.3, -0.25) is 4.79 Å². The van der Waals surface area contributed by atoms with Crippen LogP contribution >= 0.6 is 0 Å². The van der Waals surface area contributed by atoms with Crippen molar-refractivity contribution in [3.8, 4) is 0 Å². The molecule has 3 N–H and O–H groups in total. The summed E-state index contributed by atoms with van der Waals surface area (Å²) in [6.45, 7) is 0.360. The number of nitrogens with one attached hydrogen (secondary N) is 2. The summed E-state index contributed by atoms with van der Waals surface area (Å²) >= 11 is 0. The monoisotopic (exact) mass is 330 g/mol. The van der Waals surface area contributed by atoms with Gasteiger partial charge in [0.15, 0.2) is 0 Å². The number of carboxylic acids is 1. The molecule has 0 saturated heterocycles. The summed E-state index contributed by atoms with van der Waals surface area (Å²) in [5.41, 5.74) is 1.94. The largest absolute Gasteiger partial charge is 0.481 e. The standard InChI is InChI=1S/C17H22N4O3/c1-21-12-18-10-15(21)11-19-17(24)20-14(7-8-16(22)23)9-13-5-3-2-4-6-13/h2-6,10,12,14H,7-9,11H2,1H3,(H,22,23)(H2,19,20,24). The molecule has 7 heteroatoms. The Labute approximate surface area is 140 Å². The van der Waals surface area contributed by atoms with Crippen molar-refractivity contribution in [1.82, 2.24) is 20.2 Å². The molecule has 0 aliphatic rings. The number of aryl methyl sites for hydroxylation is 1. The Kier molecular flexibility index (Phi) is 6.36. The van der Waals surface area contributed by atoms with Gasteiger partial charge in [-0.25, -0.2) is 9.78 Å². The summed E-state index contributed by atoms with van der Waals surface area (Å²) < 4.78 is 1.83. The van der Waals surface area contributed by atoms with Crippen LogP contribution in [0.1, 0.15) is 24.1 Å². The molecule has 0 aliphatic heterocycles. The fraction of sp³-hybridized carbons (Fsp3) is 0.353. The highest BCUT2D eigenvalue weighted by molar-refractivity contribution is 5.74. The van der Waals surface area contributed by atoms with Crippen LogP contribution in [0.15, 0.2) is 42.9 Å². The molecule has 1 aromatic carbocycles. The smallest absolute Gasteiger partial charge is 0.315 e. The highest BCUT2D eigenvalue weighted by atomic mass is 16.4. The normalized spacial score (nSPS) is 11.7. The number of amides is 2. The van der Waals surface area contributed by atoms with Gasteiger partial charge in [0.1, 0.15) is 0 Å². The molecule has 1 unspecified atom stereocenters. The molecule has 0 saturated carbocycles. The van der Waals surface area contributed by atoms with Crippen molar-refractivity contribution in [1.29, 1.82) is 0 Å². The number of hydrogen-bond donors (Lipinski definition) is 3. The zero-order chi connectivity index (χ0) is 17.4. The first-order valence-corrected chi connectivity index (χ1v) is 7.80. The van der Waals surface area contributed by atoms with E-state index in [0.717, 1.165) is 11.3 Å². The van der Waals surface area contributed by atoms with Crippen molar-refractivity contribution >= 4 is 12.0 Å². The minimum Gasteiger partial charge on any atom is -0.481 e. The minimum atomic E-state index is -0.870. The van der Waals surface area contributed by atoms with Crippen LogP contribution in [0, 0.1) is 0 Å². The van der Waals surface area contributed by atoms with Gasteiger partial charge in [-0.15, -0.1) is 0 Å². The maximum atomic E-state index is 12.1. The van der Waals surface area contributed by atoms with E-state index in [1.54, 1.807) is 12.5 Å². The second-order valence-electron chi connectivity index (χ2n) is 5.64. The zero-order valence-electron chi connectivity index (χ0n) is 13.6. The third-order valence-electron chi connectivity index (χ3n) is 3.71. The molecule has 2 amide bonds. The lowest BCUT2D eigenvalue weighted by molar-refractivity contribution is -0.137. The van der Waals surface area contributed by atoms with E-state index in [2.05, 4.69) is 15.6 Å². The van der Waals surface area contributed by atoms with E-state index in [1.165, 1.54) is 0 Å². The Morgan fingerprint density at radius 3 is 2.67 bits per heavy atom. The molecule has 1 aromatic heterocycles. The van der Waals surface area contributed by atoms with E-state index in [-0.39, 0.29) is 18.5 Å².